The quantitative estimate of drug-likeness (QED) is 0.818. The van der Waals surface area contributed by atoms with Gasteiger partial charge < -0.3 is 24.6 Å². The first-order valence-corrected chi connectivity index (χ1v) is 8.82. The molecule has 1 aliphatic heterocycles. The van der Waals surface area contributed by atoms with Crippen molar-refractivity contribution in [3.8, 4) is 5.75 Å². The maximum atomic E-state index is 12.7. The van der Waals surface area contributed by atoms with Crippen molar-refractivity contribution in [1.82, 2.24) is 20.4 Å². The average Bonchev–Trinajstić information content (AvgIpc) is 3.16. The van der Waals surface area contributed by atoms with Gasteiger partial charge in [-0.25, -0.2) is 4.79 Å². The summed E-state index contributed by atoms with van der Waals surface area (Å²) in [5.41, 5.74) is 1.09. The lowest BCUT2D eigenvalue weighted by molar-refractivity contribution is 0.151. The van der Waals surface area contributed by atoms with E-state index < -0.39 is 0 Å². The van der Waals surface area contributed by atoms with E-state index in [-0.39, 0.29) is 24.6 Å². The summed E-state index contributed by atoms with van der Waals surface area (Å²) in [6.07, 6.45) is 3.48. The van der Waals surface area contributed by atoms with E-state index in [0.717, 1.165) is 37.1 Å². The van der Waals surface area contributed by atoms with Gasteiger partial charge in [0.05, 0.1) is 13.2 Å². The summed E-state index contributed by atoms with van der Waals surface area (Å²) in [5, 5.41) is 15.6. The van der Waals surface area contributed by atoms with E-state index in [1.807, 2.05) is 29.2 Å². The van der Waals surface area contributed by atoms with Gasteiger partial charge in [-0.05, 0) is 37.0 Å². The molecule has 1 fully saturated rings. The highest BCUT2D eigenvalue weighted by molar-refractivity contribution is 5.75. The second-order valence-corrected chi connectivity index (χ2v) is 6.23. The molecule has 3 rings (SSSR count). The summed E-state index contributed by atoms with van der Waals surface area (Å²) in [6, 6.07) is 7.84. The molecule has 1 unspecified atom stereocenters. The van der Waals surface area contributed by atoms with Crippen LogP contribution in [0.3, 0.4) is 0 Å². The van der Waals surface area contributed by atoms with Crippen LogP contribution in [0.25, 0.3) is 0 Å². The molecule has 1 aliphatic rings. The topological polar surface area (TPSA) is 101 Å². The number of aliphatic hydroxyl groups is 1. The number of carbonyl (C=O) groups is 1. The van der Waals surface area contributed by atoms with Crippen LogP contribution in [0.1, 0.15) is 42.6 Å². The number of piperidine rings is 1. The summed E-state index contributed by atoms with van der Waals surface area (Å²) in [5.74, 6) is 1.45. The first-order chi connectivity index (χ1) is 12.7. The third-order valence-corrected chi connectivity index (χ3v) is 4.51. The lowest BCUT2D eigenvalue weighted by atomic mass is 9.95. The molecule has 8 nitrogen and oxygen atoms in total. The molecule has 1 aromatic heterocycles. The van der Waals surface area contributed by atoms with Crippen molar-refractivity contribution in [1.29, 1.82) is 0 Å². The monoisotopic (exact) mass is 360 g/mol. The fourth-order valence-electron chi connectivity index (χ4n) is 3.21. The Balaban J connectivity index is 1.60. The third-order valence-electron chi connectivity index (χ3n) is 4.51. The van der Waals surface area contributed by atoms with E-state index in [1.165, 1.54) is 0 Å². The molecule has 1 saturated heterocycles. The van der Waals surface area contributed by atoms with Gasteiger partial charge in [0.15, 0.2) is 5.82 Å². The Hall–Kier alpha value is -2.61. The Morgan fingerprint density at radius 1 is 1.46 bits per heavy atom. The van der Waals surface area contributed by atoms with Crippen molar-refractivity contribution in [3.05, 3.63) is 41.5 Å². The predicted octanol–water partition coefficient (Wildman–Crippen LogP) is 2.05. The summed E-state index contributed by atoms with van der Waals surface area (Å²) < 4.78 is 10.1. The first kappa shape index (κ1) is 18.2. The molecule has 0 bridgehead atoms. The molecule has 2 N–H and O–H groups in total. The van der Waals surface area contributed by atoms with Crippen molar-refractivity contribution in [2.75, 3.05) is 20.2 Å². The van der Waals surface area contributed by atoms with Crippen LogP contribution in [0.4, 0.5) is 4.79 Å². The largest absolute Gasteiger partial charge is 0.497 e. The average molecular weight is 360 g/mol. The van der Waals surface area contributed by atoms with Crippen molar-refractivity contribution in [2.24, 2.45) is 0 Å². The van der Waals surface area contributed by atoms with Gasteiger partial charge in [-0.2, -0.15) is 4.98 Å². The lowest BCUT2D eigenvalue weighted by Gasteiger charge is -2.36. The molecule has 0 radical (unpaired) electrons. The van der Waals surface area contributed by atoms with Gasteiger partial charge in [-0.1, -0.05) is 17.3 Å². The number of benzene rings is 1. The van der Waals surface area contributed by atoms with Crippen LogP contribution in [-0.4, -0.2) is 46.4 Å². The van der Waals surface area contributed by atoms with Crippen LogP contribution in [0.15, 0.2) is 28.8 Å². The molecule has 2 aromatic rings. The van der Waals surface area contributed by atoms with Crippen molar-refractivity contribution in [3.63, 3.8) is 0 Å². The lowest BCUT2D eigenvalue weighted by Crippen LogP contribution is -2.45. The number of rotatable bonds is 6. The molecule has 1 aromatic carbocycles. The number of amides is 2. The van der Waals surface area contributed by atoms with E-state index in [2.05, 4.69) is 15.5 Å². The number of urea groups is 1. The first-order valence-electron chi connectivity index (χ1n) is 8.82. The number of carbonyl (C=O) groups excluding carboxylic acids is 1. The van der Waals surface area contributed by atoms with Gasteiger partial charge in [0, 0.05) is 19.5 Å². The highest BCUT2D eigenvalue weighted by Crippen LogP contribution is 2.32. The summed E-state index contributed by atoms with van der Waals surface area (Å²) in [7, 11) is 1.64. The third kappa shape index (κ3) is 4.32. The number of nitrogens with zero attached hydrogens (tertiary/aromatic N) is 3. The van der Waals surface area contributed by atoms with Gasteiger partial charge in [0.2, 0.25) is 0 Å². The summed E-state index contributed by atoms with van der Waals surface area (Å²) in [6.45, 7) is 0.852. The van der Waals surface area contributed by atoms with E-state index in [4.69, 9.17) is 14.4 Å². The Labute approximate surface area is 152 Å². The second kappa shape index (κ2) is 8.66. The molecule has 140 valence electrons. The van der Waals surface area contributed by atoms with E-state index >= 15 is 0 Å². The van der Waals surface area contributed by atoms with Crippen LogP contribution in [0.2, 0.25) is 0 Å². The maximum Gasteiger partial charge on any atom is 0.317 e. The maximum absolute atomic E-state index is 12.7. The highest BCUT2D eigenvalue weighted by Gasteiger charge is 2.28. The smallest absolute Gasteiger partial charge is 0.317 e. The van der Waals surface area contributed by atoms with Gasteiger partial charge in [-0.3, -0.25) is 0 Å². The van der Waals surface area contributed by atoms with Crippen LogP contribution >= 0.6 is 0 Å². The predicted molar refractivity (Wildman–Crippen MR) is 93.6 cm³/mol. The van der Waals surface area contributed by atoms with Crippen LogP contribution < -0.4 is 10.1 Å². The molecule has 0 saturated carbocycles. The molecule has 2 amide bonds. The number of likely N-dealkylation sites (tertiary alicyclic amines) is 1. The number of hydrogen-bond acceptors (Lipinski definition) is 6. The number of aliphatic hydroxyl groups excluding tert-OH is 1. The van der Waals surface area contributed by atoms with Crippen LogP contribution in [-0.2, 0) is 13.0 Å². The van der Waals surface area contributed by atoms with Gasteiger partial charge in [0.25, 0.3) is 5.89 Å². The zero-order valence-electron chi connectivity index (χ0n) is 14.9. The minimum Gasteiger partial charge on any atom is -0.497 e. The SMILES string of the molecule is COc1cccc(C2CCCCN2C(=O)NCCc2noc(CO)n2)c1. The minimum atomic E-state index is -0.282. The molecule has 8 heteroatoms. The molecular weight excluding hydrogens is 336 g/mol. The number of nitrogens with one attached hydrogen (secondary N) is 1. The molecular formula is C18H24N4O4. The Kier molecular flexibility index (Phi) is 6.06. The van der Waals surface area contributed by atoms with Gasteiger partial charge >= 0.3 is 6.03 Å². The standard InChI is InChI=1S/C18H24N4O4/c1-25-14-6-4-5-13(11-14)15-7-2-3-10-22(15)18(24)19-9-8-16-20-17(12-23)26-21-16/h4-6,11,15,23H,2-3,7-10,12H2,1H3,(H,19,24). The van der Waals surface area contributed by atoms with E-state index in [0.29, 0.717) is 18.8 Å². The van der Waals surface area contributed by atoms with Crippen molar-refractivity contribution >= 4 is 6.03 Å². The fourth-order valence-corrected chi connectivity index (χ4v) is 3.21. The second-order valence-electron chi connectivity index (χ2n) is 6.23. The molecule has 26 heavy (non-hydrogen) atoms. The molecule has 0 aliphatic carbocycles. The normalized spacial score (nSPS) is 17.2. The van der Waals surface area contributed by atoms with E-state index in [1.54, 1.807) is 7.11 Å². The Bertz CT molecular complexity index is 733. The van der Waals surface area contributed by atoms with Gasteiger partial charge in [-0.15, -0.1) is 0 Å². The van der Waals surface area contributed by atoms with Gasteiger partial charge in [0.1, 0.15) is 12.4 Å². The fraction of sp³-hybridized carbons (Fsp3) is 0.500. The molecule has 0 spiro atoms. The zero-order valence-corrected chi connectivity index (χ0v) is 14.9. The summed E-state index contributed by atoms with van der Waals surface area (Å²) >= 11 is 0. The number of ether oxygens (including phenoxy) is 1. The molecule has 1 atom stereocenters. The van der Waals surface area contributed by atoms with E-state index in [9.17, 15) is 4.79 Å². The van der Waals surface area contributed by atoms with Crippen molar-refractivity contribution in [2.45, 2.75) is 38.3 Å². The van der Waals surface area contributed by atoms with Crippen molar-refractivity contribution < 1.29 is 19.2 Å². The zero-order chi connectivity index (χ0) is 18.4. The highest BCUT2D eigenvalue weighted by atomic mass is 16.5. The summed E-state index contributed by atoms with van der Waals surface area (Å²) in [4.78, 5) is 18.6. The minimum absolute atomic E-state index is 0.0463. The number of hydrogen-bond donors (Lipinski definition) is 2. The van der Waals surface area contributed by atoms with Crippen LogP contribution in [0.5, 0.6) is 5.75 Å². The van der Waals surface area contributed by atoms with Crippen LogP contribution in [0, 0.1) is 0 Å². The number of aromatic nitrogens is 2. The number of methoxy groups -OCH3 is 1. The Morgan fingerprint density at radius 2 is 2.35 bits per heavy atom. The molecule has 2 heterocycles. The Morgan fingerprint density at radius 3 is 3.12 bits per heavy atom.